The zero-order valence-electron chi connectivity index (χ0n) is 16.7. The fourth-order valence-corrected chi connectivity index (χ4v) is 3.38. The van der Waals surface area contributed by atoms with E-state index >= 15 is 0 Å². The van der Waals surface area contributed by atoms with Gasteiger partial charge in [-0.15, -0.1) is 0 Å². The normalized spacial score (nSPS) is 10.8. The van der Waals surface area contributed by atoms with E-state index in [-0.39, 0.29) is 10.6 Å². The first-order valence-corrected chi connectivity index (χ1v) is 9.76. The minimum Gasteiger partial charge on any atom is -0.497 e. The summed E-state index contributed by atoms with van der Waals surface area (Å²) in [5.41, 5.74) is 3.60. The van der Waals surface area contributed by atoms with Crippen molar-refractivity contribution in [1.82, 2.24) is 4.90 Å². The topological polar surface area (TPSA) is 55.6 Å². The molecule has 3 aromatic rings. The maximum atomic E-state index is 11.1. The van der Waals surface area contributed by atoms with E-state index in [2.05, 4.69) is 41.3 Å². The number of nitro groups is 1. The molecule has 3 aromatic carbocycles. The van der Waals surface area contributed by atoms with Gasteiger partial charge in [0.15, 0.2) is 0 Å². The highest BCUT2D eigenvalue weighted by atomic mass is 16.6. The maximum Gasteiger partial charge on any atom is 0.269 e. The van der Waals surface area contributed by atoms with E-state index in [1.807, 2.05) is 24.3 Å². The lowest BCUT2D eigenvalue weighted by Crippen LogP contribution is -2.24. The van der Waals surface area contributed by atoms with Crippen LogP contribution in [0.3, 0.4) is 0 Å². The van der Waals surface area contributed by atoms with E-state index in [0.29, 0.717) is 6.54 Å². The molecule has 0 aliphatic rings. The number of ether oxygens (including phenoxy) is 1. The van der Waals surface area contributed by atoms with E-state index in [1.165, 1.54) is 17.2 Å². The zero-order valence-corrected chi connectivity index (χ0v) is 16.7. The zero-order chi connectivity index (χ0) is 20.5. The van der Waals surface area contributed by atoms with Crippen LogP contribution in [0.2, 0.25) is 0 Å². The van der Waals surface area contributed by atoms with Gasteiger partial charge in [-0.05, 0) is 48.2 Å². The summed E-state index contributed by atoms with van der Waals surface area (Å²) in [5.74, 6) is 0.836. The van der Waals surface area contributed by atoms with Crippen molar-refractivity contribution in [1.29, 1.82) is 0 Å². The molecular weight excluding hydrogens is 364 g/mol. The minimum absolute atomic E-state index is 0.135. The first-order valence-electron chi connectivity index (χ1n) is 9.76. The third-order valence-corrected chi connectivity index (χ3v) is 4.88. The largest absolute Gasteiger partial charge is 0.497 e. The second-order valence-electron chi connectivity index (χ2n) is 7.07. The van der Waals surface area contributed by atoms with Crippen molar-refractivity contribution in [2.75, 3.05) is 13.7 Å². The van der Waals surface area contributed by atoms with Gasteiger partial charge in [0.25, 0.3) is 5.69 Å². The van der Waals surface area contributed by atoms with Gasteiger partial charge in [0.05, 0.1) is 12.0 Å². The molecule has 5 nitrogen and oxygen atoms in total. The minimum atomic E-state index is -0.341. The molecule has 3 rings (SSSR count). The van der Waals surface area contributed by atoms with Gasteiger partial charge < -0.3 is 4.74 Å². The van der Waals surface area contributed by atoms with Crippen LogP contribution in [-0.4, -0.2) is 23.5 Å². The quantitative estimate of drug-likeness (QED) is 0.351. The molecule has 0 spiro atoms. The highest BCUT2D eigenvalue weighted by Crippen LogP contribution is 2.18. The molecule has 0 saturated carbocycles. The molecule has 0 bridgehead atoms. The second kappa shape index (κ2) is 10.4. The summed E-state index contributed by atoms with van der Waals surface area (Å²) in [5, 5.41) is 11.1. The van der Waals surface area contributed by atoms with Crippen LogP contribution in [-0.2, 0) is 19.5 Å². The summed E-state index contributed by atoms with van der Waals surface area (Å²) in [7, 11) is 1.66. The third-order valence-electron chi connectivity index (χ3n) is 4.88. The van der Waals surface area contributed by atoms with Crippen LogP contribution in [0, 0.1) is 10.1 Å². The van der Waals surface area contributed by atoms with Gasteiger partial charge in [0, 0.05) is 25.2 Å². The Labute approximate surface area is 171 Å². The van der Waals surface area contributed by atoms with Gasteiger partial charge >= 0.3 is 0 Å². The molecule has 0 N–H and O–H groups in total. The number of hydrogen-bond acceptors (Lipinski definition) is 4. The van der Waals surface area contributed by atoms with E-state index in [9.17, 15) is 10.1 Å². The van der Waals surface area contributed by atoms with Gasteiger partial charge in [-0.1, -0.05) is 54.6 Å². The Hall–Kier alpha value is -3.18. The molecule has 0 aromatic heterocycles. The molecule has 0 fully saturated rings. The average molecular weight is 390 g/mol. The van der Waals surface area contributed by atoms with Crippen molar-refractivity contribution < 1.29 is 9.66 Å². The number of methoxy groups -OCH3 is 1. The van der Waals surface area contributed by atoms with Crippen LogP contribution in [0.5, 0.6) is 5.75 Å². The Balaban J connectivity index is 1.69. The lowest BCUT2D eigenvalue weighted by Gasteiger charge is -2.23. The summed E-state index contributed by atoms with van der Waals surface area (Å²) >= 11 is 0. The molecule has 0 radical (unpaired) electrons. The molecule has 0 heterocycles. The molecule has 0 atom stereocenters. The number of nitrogens with zero attached hydrogens (tertiary/aromatic N) is 2. The van der Waals surface area contributed by atoms with Gasteiger partial charge in [0.1, 0.15) is 5.75 Å². The molecule has 0 aliphatic carbocycles. The molecule has 0 amide bonds. The van der Waals surface area contributed by atoms with Crippen molar-refractivity contribution in [3.63, 3.8) is 0 Å². The summed E-state index contributed by atoms with van der Waals surface area (Å²) in [4.78, 5) is 13.1. The number of rotatable bonds is 10. The number of benzene rings is 3. The third kappa shape index (κ3) is 6.43. The van der Waals surface area contributed by atoms with Crippen molar-refractivity contribution >= 4 is 5.69 Å². The van der Waals surface area contributed by atoms with Crippen LogP contribution in [0.25, 0.3) is 0 Å². The van der Waals surface area contributed by atoms with Crippen LogP contribution in [0.4, 0.5) is 5.69 Å². The van der Waals surface area contributed by atoms with Crippen molar-refractivity contribution in [2.45, 2.75) is 25.9 Å². The first-order chi connectivity index (χ1) is 14.1. The molecule has 150 valence electrons. The molecule has 0 aliphatic heterocycles. The fraction of sp³-hybridized carbons (Fsp3) is 0.250. The highest BCUT2D eigenvalue weighted by Gasteiger charge is 2.11. The fourth-order valence-electron chi connectivity index (χ4n) is 3.38. The van der Waals surface area contributed by atoms with Crippen molar-refractivity contribution in [2.24, 2.45) is 0 Å². The summed E-state index contributed by atoms with van der Waals surface area (Å²) in [6, 6.07) is 25.4. The highest BCUT2D eigenvalue weighted by molar-refractivity contribution is 5.34. The van der Waals surface area contributed by atoms with E-state index in [4.69, 9.17) is 4.74 Å². The smallest absolute Gasteiger partial charge is 0.269 e. The predicted octanol–water partition coefficient (Wildman–Crippen LogP) is 5.24. The Morgan fingerprint density at radius 1 is 0.862 bits per heavy atom. The maximum absolute atomic E-state index is 11.1. The first kappa shape index (κ1) is 20.6. The number of non-ortho nitro benzene ring substituents is 1. The number of hydrogen-bond donors (Lipinski definition) is 0. The van der Waals surface area contributed by atoms with Crippen LogP contribution < -0.4 is 4.74 Å². The molecule has 0 saturated heterocycles. The summed E-state index contributed by atoms with van der Waals surface area (Å²) < 4.78 is 5.24. The Morgan fingerprint density at radius 3 is 2.24 bits per heavy atom. The molecule has 0 unspecified atom stereocenters. The standard InChI is InChI=1S/C24H26N2O3/c1-29-24-14-12-21(13-15-24)18-25(16-6-10-20-7-3-2-4-8-20)19-22-9-5-11-23(17-22)26(27)28/h2-5,7-9,11-15,17H,6,10,16,18-19H2,1H3. The van der Waals surface area contributed by atoms with Gasteiger partial charge in [-0.3, -0.25) is 15.0 Å². The van der Waals surface area contributed by atoms with E-state index in [0.717, 1.165) is 37.2 Å². The van der Waals surface area contributed by atoms with Crippen LogP contribution in [0.1, 0.15) is 23.1 Å². The number of aryl methyl sites for hydroxylation is 1. The summed E-state index contributed by atoms with van der Waals surface area (Å²) in [6.45, 7) is 2.35. The Bertz CT molecular complexity index is 911. The van der Waals surface area contributed by atoms with E-state index in [1.54, 1.807) is 19.2 Å². The number of nitro benzene ring substituents is 1. The molecule has 29 heavy (non-hydrogen) atoms. The predicted molar refractivity (Wildman–Crippen MR) is 115 cm³/mol. The SMILES string of the molecule is COc1ccc(CN(CCCc2ccccc2)Cc2cccc([N+](=O)[O-])c2)cc1. The van der Waals surface area contributed by atoms with Gasteiger partial charge in [0.2, 0.25) is 0 Å². The van der Waals surface area contributed by atoms with Crippen LogP contribution in [0.15, 0.2) is 78.9 Å². The molecular formula is C24H26N2O3. The lowest BCUT2D eigenvalue weighted by molar-refractivity contribution is -0.384. The lowest BCUT2D eigenvalue weighted by atomic mass is 10.1. The van der Waals surface area contributed by atoms with E-state index < -0.39 is 0 Å². The second-order valence-corrected chi connectivity index (χ2v) is 7.07. The van der Waals surface area contributed by atoms with Crippen molar-refractivity contribution in [3.05, 3.63) is 106 Å². The van der Waals surface area contributed by atoms with Crippen LogP contribution >= 0.6 is 0 Å². The Morgan fingerprint density at radius 2 is 1.55 bits per heavy atom. The molecule has 5 heteroatoms. The van der Waals surface area contributed by atoms with Gasteiger partial charge in [-0.2, -0.15) is 0 Å². The Kier molecular flexibility index (Phi) is 7.36. The monoisotopic (exact) mass is 390 g/mol. The van der Waals surface area contributed by atoms with Crippen molar-refractivity contribution in [3.8, 4) is 5.75 Å². The summed E-state index contributed by atoms with van der Waals surface area (Å²) in [6.07, 6.45) is 2.03. The average Bonchev–Trinajstić information content (AvgIpc) is 2.75. The van der Waals surface area contributed by atoms with Gasteiger partial charge in [-0.25, -0.2) is 0 Å².